The van der Waals surface area contributed by atoms with Gasteiger partial charge in [-0.05, 0) is 24.5 Å². The molecule has 3 rings (SSSR count). The van der Waals surface area contributed by atoms with Crippen molar-refractivity contribution in [2.45, 2.75) is 20.3 Å². The molecule has 0 atom stereocenters. The second-order valence-corrected chi connectivity index (χ2v) is 7.20. The van der Waals surface area contributed by atoms with Crippen LogP contribution in [-0.4, -0.2) is 53.4 Å². The Kier molecular flexibility index (Phi) is 8.68. The van der Waals surface area contributed by atoms with Gasteiger partial charge in [-0.2, -0.15) is 0 Å². The van der Waals surface area contributed by atoms with E-state index in [0.717, 1.165) is 29.9 Å². The van der Waals surface area contributed by atoms with Crippen molar-refractivity contribution in [1.29, 1.82) is 0 Å². The third kappa shape index (κ3) is 7.17. The summed E-state index contributed by atoms with van der Waals surface area (Å²) in [5, 5.41) is 16.8. The first-order valence-electron chi connectivity index (χ1n) is 10.2. The van der Waals surface area contributed by atoms with Gasteiger partial charge in [-0.25, -0.2) is 0 Å². The Labute approximate surface area is 177 Å². The van der Waals surface area contributed by atoms with Gasteiger partial charge in [0.1, 0.15) is 12.4 Å². The van der Waals surface area contributed by atoms with Crippen molar-refractivity contribution in [3.05, 3.63) is 54.6 Å². The fourth-order valence-corrected chi connectivity index (χ4v) is 2.63. The summed E-state index contributed by atoms with van der Waals surface area (Å²) in [6.45, 7) is 7.29. The minimum Gasteiger partial charge on any atom is -0.491 e. The van der Waals surface area contributed by atoms with E-state index < -0.39 is 0 Å². The zero-order valence-corrected chi connectivity index (χ0v) is 17.5. The molecular weight excluding hydrogens is 380 g/mol. The number of hydrogen-bond acceptors (Lipinski definition) is 7. The zero-order chi connectivity index (χ0) is 21.0. The first-order chi connectivity index (χ1) is 14.7. The molecule has 158 valence electrons. The van der Waals surface area contributed by atoms with Crippen molar-refractivity contribution in [3.8, 4) is 28.5 Å². The minimum absolute atomic E-state index is 0.454. The van der Waals surface area contributed by atoms with E-state index in [4.69, 9.17) is 14.2 Å². The predicted octanol–water partition coefficient (Wildman–Crippen LogP) is 4.06. The van der Waals surface area contributed by atoms with Gasteiger partial charge in [-0.15, -0.1) is 20.4 Å². The molecule has 7 heteroatoms. The van der Waals surface area contributed by atoms with Crippen molar-refractivity contribution >= 4 is 0 Å². The highest BCUT2D eigenvalue weighted by Gasteiger charge is 2.07. The largest absolute Gasteiger partial charge is 0.491 e. The van der Waals surface area contributed by atoms with Crippen molar-refractivity contribution in [2.75, 3.05) is 33.0 Å². The Balaban J connectivity index is 1.42. The van der Waals surface area contributed by atoms with E-state index in [1.165, 1.54) is 0 Å². The van der Waals surface area contributed by atoms with Crippen LogP contribution in [0.2, 0.25) is 0 Å². The summed E-state index contributed by atoms with van der Waals surface area (Å²) in [7, 11) is 0. The molecule has 0 aliphatic heterocycles. The van der Waals surface area contributed by atoms with Gasteiger partial charge in [0, 0.05) is 17.7 Å². The first-order valence-corrected chi connectivity index (χ1v) is 10.2. The molecule has 1 heterocycles. The molecule has 0 saturated heterocycles. The average molecular weight is 409 g/mol. The van der Waals surface area contributed by atoms with Crippen LogP contribution in [0.25, 0.3) is 22.8 Å². The van der Waals surface area contributed by atoms with E-state index in [2.05, 4.69) is 34.2 Å². The Morgan fingerprint density at radius 2 is 1.27 bits per heavy atom. The molecule has 30 heavy (non-hydrogen) atoms. The fraction of sp³-hybridized carbons (Fsp3) is 0.391. The summed E-state index contributed by atoms with van der Waals surface area (Å²) in [5.74, 6) is 2.33. The van der Waals surface area contributed by atoms with Crippen LogP contribution in [-0.2, 0) is 9.47 Å². The average Bonchev–Trinajstić information content (AvgIpc) is 2.79. The lowest BCUT2D eigenvalue weighted by Gasteiger charge is -2.09. The maximum atomic E-state index is 5.76. The number of benzene rings is 2. The molecule has 0 N–H and O–H groups in total. The highest BCUT2D eigenvalue weighted by atomic mass is 16.5. The van der Waals surface area contributed by atoms with E-state index in [9.17, 15) is 0 Å². The van der Waals surface area contributed by atoms with Crippen LogP contribution in [0, 0.1) is 5.92 Å². The molecule has 0 spiro atoms. The van der Waals surface area contributed by atoms with E-state index in [0.29, 0.717) is 44.0 Å². The molecule has 0 radical (unpaired) electrons. The number of rotatable bonds is 12. The quantitative estimate of drug-likeness (QED) is 0.418. The van der Waals surface area contributed by atoms with E-state index in [1.54, 1.807) is 0 Å². The Hall–Kier alpha value is -2.90. The van der Waals surface area contributed by atoms with Crippen LogP contribution in [0.15, 0.2) is 54.6 Å². The normalized spacial score (nSPS) is 11.0. The van der Waals surface area contributed by atoms with E-state index >= 15 is 0 Å². The van der Waals surface area contributed by atoms with Gasteiger partial charge in [0.25, 0.3) is 0 Å². The lowest BCUT2D eigenvalue weighted by Crippen LogP contribution is -2.11. The van der Waals surface area contributed by atoms with Gasteiger partial charge >= 0.3 is 0 Å². The van der Waals surface area contributed by atoms with Crippen molar-refractivity contribution in [1.82, 2.24) is 20.4 Å². The van der Waals surface area contributed by atoms with E-state index in [1.807, 2.05) is 54.6 Å². The summed E-state index contributed by atoms with van der Waals surface area (Å²) in [6, 6.07) is 17.2. The molecule has 0 fully saturated rings. The summed E-state index contributed by atoms with van der Waals surface area (Å²) in [4.78, 5) is 0. The molecule has 0 saturated carbocycles. The van der Waals surface area contributed by atoms with Crippen LogP contribution >= 0.6 is 0 Å². The SMILES string of the molecule is CC(C)CCOCCOCCOc1cccc(-c2nnc(-c3ccccc3)nn2)c1. The molecule has 2 aromatic carbocycles. The maximum Gasteiger partial charge on any atom is 0.203 e. The predicted molar refractivity (Wildman–Crippen MR) is 115 cm³/mol. The van der Waals surface area contributed by atoms with Crippen LogP contribution in [0.4, 0.5) is 0 Å². The van der Waals surface area contributed by atoms with Gasteiger partial charge in [-0.1, -0.05) is 56.3 Å². The summed E-state index contributed by atoms with van der Waals surface area (Å²) in [6.07, 6.45) is 1.07. The monoisotopic (exact) mass is 408 g/mol. The van der Waals surface area contributed by atoms with Gasteiger partial charge in [0.05, 0.1) is 19.8 Å². The lowest BCUT2D eigenvalue weighted by molar-refractivity contribution is 0.0334. The molecule has 1 aromatic heterocycles. The van der Waals surface area contributed by atoms with Crippen LogP contribution in [0.5, 0.6) is 5.75 Å². The Morgan fingerprint density at radius 3 is 1.97 bits per heavy atom. The third-order valence-electron chi connectivity index (χ3n) is 4.31. The van der Waals surface area contributed by atoms with Crippen molar-refractivity contribution < 1.29 is 14.2 Å². The number of hydrogen-bond donors (Lipinski definition) is 0. The maximum absolute atomic E-state index is 5.76. The van der Waals surface area contributed by atoms with Crippen molar-refractivity contribution in [2.24, 2.45) is 5.92 Å². The minimum atomic E-state index is 0.454. The zero-order valence-electron chi connectivity index (χ0n) is 17.5. The summed E-state index contributed by atoms with van der Waals surface area (Å²) in [5.41, 5.74) is 1.68. The molecule has 7 nitrogen and oxygen atoms in total. The standard InChI is InChI=1S/C23H28N4O3/c1-18(2)11-12-28-13-14-29-15-16-30-21-10-6-9-20(17-21)23-26-24-22(25-27-23)19-7-4-3-5-8-19/h3-10,17-18H,11-16H2,1-2H3. The topological polar surface area (TPSA) is 79.2 Å². The molecule has 0 aliphatic rings. The highest BCUT2D eigenvalue weighted by molar-refractivity contribution is 5.58. The van der Waals surface area contributed by atoms with Gasteiger partial charge < -0.3 is 14.2 Å². The van der Waals surface area contributed by atoms with Crippen molar-refractivity contribution in [3.63, 3.8) is 0 Å². The van der Waals surface area contributed by atoms with Gasteiger partial charge in [0.2, 0.25) is 11.6 Å². The number of ether oxygens (including phenoxy) is 3. The van der Waals surface area contributed by atoms with Gasteiger partial charge in [-0.3, -0.25) is 0 Å². The number of nitrogens with zero attached hydrogens (tertiary/aromatic N) is 4. The van der Waals surface area contributed by atoms with Crippen LogP contribution in [0.3, 0.4) is 0 Å². The molecule has 3 aromatic rings. The highest BCUT2D eigenvalue weighted by Crippen LogP contribution is 2.21. The second-order valence-electron chi connectivity index (χ2n) is 7.20. The van der Waals surface area contributed by atoms with Crippen LogP contribution in [0.1, 0.15) is 20.3 Å². The molecule has 0 amide bonds. The van der Waals surface area contributed by atoms with Gasteiger partial charge in [0.15, 0.2) is 0 Å². The molecule has 0 bridgehead atoms. The number of aromatic nitrogens is 4. The first kappa shape index (κ1) is 21.8. The Morgan fingerprint density at radius 1 is 0.667 bits per heavy atom. The van der Waals surface area contributed by atoms with Crippen LogP contribution < -0.4 is 4.74 Å². The smallest absolute Gasteiger partial charge is 0.203 e. The molecular formula is C23H28N4O3. The summed E-state index contributed by atoms with van der Waals surface area (Å²) >= 11 is 0. The Bertz CT molecular complexity index is 873. The summed E-state index contributed by atoms with van der Waals surface area (Å²) < 4.78 is 16.8. The molecule has 0 unspecified atom stereocenters. The lowest BCUT2D eigenvalue weighted by atomic mass is 10.1. The molecule has 0 aliphatic carbocycles. The second kappa shape index (κ2) is 11.9. The fourth-order valence-electron chi connectivity index (χ4n) is 2.63. The third-order valence-corrected chi connectivity index (χ3v) is 4.31. The van der Waals surface area contributed by atoms with E-state index in [-0.39, 0.29) is 0 Å².